The monoisotopic (exact) mass is 256 g/mol. The van der Waals surface area contributed by atoms with Crippen LogP contribution in [0.1, 0.15) is 6.92 Å². The molecule has 84 valence electrons. The van der Waals surface area contributed by atoms with Crippen molar-refractivity contribution in [2.45, 2.75) is 6.92 Å². The maximum absolute atomic E-state index is 6.08. The van der Waals surface area contributed by atoms with Crippen molar-refractivity contribution in [3.8, 4) is 17.1 Å². The molecule has 0 aliphatic carbocycles. The van der Waals surface area contributed by atoms with Gasteiger partial charge in [0, 0.05) is 18.0 Å². The molecule has 0 bridgehead atoms. The van der Waals surface area contributed by atoms with Gasteiger partial charge in [-0.2, -0.15) is 0 Å². The molecule has 0 spiro atoms. The lowest BCUT2D eigenvalue weighted by molar-refractivity contribution is 0.340. The van der Waals surface area contributed by atoms with Gasteiger partial charge in [-0.1, -0.05) is 23.2 Å². The van der Waals surface area contributed by atoms with E-state index < -0.39 is 0 Å². The zero-order valence-corrected chi connectivity index (χ0v) is 10.1. The Labute approximate surface area is 103 Å². The summed E-state index contributed by atoms with van der Waals surface area (Å²) in [5.41, 5.74) is 0.837. The van der Waals surface area contributed by atoms with Gasteiger partial charge in [0.15, 0.2) is 5.75 Å². The molecule has 0 amide bonds. The van der Waals surface area contributed by atoms with Crippen molar-refractivity contribution in [3.63, 3.8) is 0 Å². The SMILES string of the molecule is CCOc1c(Cl)cc(-c2ncc[nH]2)cc1Cl. The molecule has 1 N–H and O–H groups in total. The van der Waals surface area contributed by atoms with Crippen LogP contribution in [0.25, 0.3) is 11.4 Å². The second-order valence-corrected chi connectivity index (χ2v) is 3.95. The zero-order valence-electron chi connectivity index (χ0n) is 8.63. The van der Waals surface area contributed by atoms with Gasteiger partial charge < -0.3 is 9.72 Å². The van der Waals surface area contributed by atoms with Crippen molar-refractivity contribution in [1.29, 1.82) is 0 Å². The van der Waals surface area contributed by atoms with Gasteiger partial charge in [-0.25, -0.2) is 4.98 Å². The van der Waals surface area contributed by atoms with Crippen LogP contribution in [0.5, 0.6) is 5.75 Å². The highest BCUT2D eigenvalue weighted by Crippen LogP contribution is 2.36. The van der Waals surface area contributed by atoms with E-state index in [0.29, 0.717) is 22.4 Å². The van der Waals surface area contributed by atoms with E-state index in [2.05, 4.69) is 9.97 Å². The summed E-state index contributed by atoms with van der Waals surface area (Å²) in [6.07, 6.45) is 3.42. The van der Waals surface area contributed by atoms with Crippen LogP contribution in [0, 0.1) is 0 Å². The highest BCUT2D eigenvalue weighted by Gasteiger charge is 2.11. The molecule has 1 aromatic heterocycles. The molecule has 16 heavy (non-hydrogen) atoms. The Hall–Kier alpha value is -1.19. The first kappa shape index (κ1) is 11.3. The third-order valence-corrected chi connectivity index (χ3v) is 2.62. The van der Waals surface area contributed by atoms with Crippen molar-refractivity contribution in [2.75, 3.05) is 6.61 Å². The summed E-state index contributed by atoms with van der Waals surface area (Å²) in [5, 5.41) is 0.974. The number of halogens is 2. The fourth-order valence-electron chi connectivity index (χ4n) is 1.40. The van der Waals surface area contributed by atoms with Gasteiger partial charge in [0.25, 0.3) is 0 Å². The molecule has 1 aromatic carbocycles. The molecule has 2 rings (SSSR count). The highest BCUT2D eigenvalue weighted by molar-refractivity contribution is 6.37. The molecule has 5 heteroatoms. The summed E-state index contributed by atoms with van der Waals surface area (Å²) in [7, 11) is 0. The van der Waals surface area contributed by atoms with Crippen LogP contribution < -0.4 is 4.74 Å². The van der Waals surface area contributed by atoms with E-state index in [-0.39, 0.29) is 0 Å². The molecule has 2 aromatic rings. The summed E-state index contributed by atoms with van der Waals surface area (Å²) >= 11 is 12.2. The number of nitrogens with one attached hydrogen (secondary N) is 1. The van der Waals surface area contributed by atoms with Crippen LogP contribution >= 0.6 is 23.2 Å². The molecular weight excluding hydrogens is 247 g/mol. The average Bonchev–Trinajstić information content (AvgIpc) is 2.76. The van der Waals surface area contributed by atoms with Gasteiger partial charge in [0.1, 0.15) is 5.82 Å². The molecule has 0 fully saturated rings. The smallest absolute Gasteiger partial charge is 0.156 e. The Morgan fingerprint density at radius 2 is 2.00 bits per heavy atom. The van der Waals surface area contributed by atoms with E-state index in [1.807, 2.05) is 6.92 Å². The first-order chi connectivity index (χ1) is 7.72. The predicted octanol–water partition coefficient (Wildman–Crippen LogP) is 3.78. The van der Waals surface area contributed by atoms with E-state index in [9.17, 15) is 0 Å². The third-order valence-electron chi connectivity index (χ3n) is 2.06. The molecule has 0 saturated heterocycles. The van der Waals surface area contributed by atoms with Gasteiger partial charge in [-0.15, -0.1) is 0 Å². The summed E-state index contributed by atoms with van der Waals surface area (Å²) in [6.45, 7) is 2.41. The van der Waals surface area contributed by atoms with E-state index in [1.165, 1.54) is 0 Å². The quantitative estimate of drug-likeness (QED) is 0.908. The lowest BCUT2D eigenvalue weighted by Gasteiger charge is -2.09. The van der Waals surface area contributed by atoms with Gasteiger partial charge in [0.2, 0.25) is 0 Å². The fraction of sp³-hybridized carbons (Fsp3) is 0.182. The highest BCUT2D eigenvalue weighted by atomic mass is 35.5. The van der Waals surface area contributed by atoms with Gasteiger partial charge >= 0.3 is 0 Å². The van der Waals surface area contributed by atoms with E-state index in [1.54, 1.807) is 24.5 Å². The molecule has 0 aliphatic rings. The number of imidazole rings is 1. The summed E-state index contributed by atoms with van der Waals surface area (Å²) in [6, 6.07) is 3.55. The third kappa shape index (κ3) is 2.15. The molecule has 0 saturated carbocycles. The van der Waals surface area contributed by atoms with Gasteiger partial charge in [0.05, 0.1) is 16.7 Å². The van der Waals surface area contributed by atoms with Crippen molar-refractivity contribution < 1.29 is 4.74 Å². The fourth-order valence-corrected chi connectivity index (χ4v) is 2.00. The van der Waals surface area contributed by atoms with Crippen LogP contribution in [0.2, 0.25) is 10.0 Å². The minimum Gasteiger partial charge on any atom is -0.491 e. The largest absolute Gasteiger partial charge is 0.491 e. The standard InChI is InChI=1S/C11H10Cl2N2O/c1-2-16-10-8(12)5-7(6-9(10)13)11-14-3-4-15-11/h3-6H,2H2,1H3,(H,14,15). The van der Waals surface area contributed by atoms with Gasteiger partial charge in [-0.3, -0.25) is 0 Å². The second kappa shape index (κ2) is 4.76. The minimum atomic E-state index is 0.487. The molecule has 3 nitrogen and oxygen atoms in total. The Morgan fingerprint density at radius 1 is 1.31 bits per heavy atom. The lowest BCUT2D eigenvalue weighted by atomic mass is 10.2. The Kier molecular flexibility index (Phi) is 3.36. The number of H-pyrrole nitrogens is 1. The molecular formula is C11H10Cl2N2O. The van der Waals surface area contributed by atoms with Crippen molar-refractivity contribution in [3.05, 3.63) is 34.6 Å². The minimum absolute atomic E-state index is 0.487. The maximum Gasteiger partial charge on any atom is 0.156 e. The Morgan fingerprint density at radius 3 is 2.50 bits per heavy atom. The van der Waals surface area contributed by atoms with Crippen LogP contribution in [0.3, 0.4) is 0 Å². The summed E-state index contributed by atoms with van der Waals surface area (Å²) in [4.78, 5) is 7.12. The number of hydrogen-bond donors (Lipinski definition) is 1. The molecule has 0 radical (unpaired) electrons. The number of aromatic amines is 1. The Bertz CT molecular complexity index is 460. The summed E-state index contributed by atoms with van der Waals surface area (Å²) in [5.74, 6) is 1.24. The topological polar surface area (TPSA) is 37.9 Å². The number of aromatic nitrogens is 2. The normalized spacial score (nSPS) is 10.4. The number of rotatable bonds is 3. The number of ether oxygens (including phenoxy) is 1. The van der Waals surface area contributed by atoms with Crippen molar-refractivity contribution >= 4 is 23.2 Å². The van der Waals surface area contributed by atoms with E-state index in [4.69, 9.17) is 27.9 Å². The molecule has 0 aliphatic heterocycles. The van der Waals surface area contributed by atoms with Crippen molar-refractivity contribution in [2.24, 2.45) is 0 Å². The lowest BCUT2D eigenvalue weighted by Crippen LogP contribution is -1.94. The van der Waals surface area contributed by atoms with Crippen molar-refractivity contribution in [1.82, 2.24) is 9.97 Å². The van der Waals surface area contributed by atoms with Crippen LogP contribution in [0.15, 0.2) is 24.5 Å². The van der Waals surface area contributed by atoms with Crippen LogP contribution in [-0.4, -0.2) is 16.6 Å². The van der Waals surface area contributed by atoms with Crippen LogP contribution in [-0.2, 0) is 0 Å². The van der Waals surface area contributed by atoms with Gasteiger partial charge in [-0.05, 0) is 19.1 Å². The zero-order chi connectivity index (χ0) is 11.5. The molecule has 0 unspecified atom stereocenters. The Balaban J connectivity index is 2.45. The number of benzene rings is 1. The number of nitrogens with zero attached hydrogens (tertiary/aromatic N) is 1. The first-order valence-electron chi connectivity index (χ1n) is 4.84. The molecule has 0 atom stereocenters. The first-order valence-corrected chi connectivity index (χ1v) is 5.59. The summed E-state index contributed by atoms with van der Waals surface area (Å²) < 4.78 is 5.35. The van der Waals surface area contributed by atoms with Crippen LogP contribution in [0.4, 0.5) is 0 Å². The maximum atomic E-state index is 6.08. The van der Waals surface area contributed by atoms with E-state index in [0.717, 1.165) is 11.4 Å². The second-order valence-electron chi connectivity index (χ2n) is 3.14. The molecule has 1 heterocycles. The predicted molar refractivity (Wildman–Crippen MR) is 65.2 cm³/mol. The average molecular weight is 257 g/mol. The van der Waals surface area contributed by atoms with E-state index >= 15 is 0 Å². The number of hydrogen-bond acceptors (Lipinski definition) is 2.